The van der Waals surface area contributed by atoms with Gasteiger partial charge in [0.15, 0.2) is 0 Å². The smallest absolute Gasteiger partial charge is 0.323 e. The second kappa shape index (κ2) is 5.25. The second-order valence-electron chi connectivity index (χ2n) is 5.88. The van der Waals surface area contributed by atoms with E-state index in [0.29, 0.717) is 0 Å². The quantitative estimate of drug-likeness (QED) is 0.861. The van der Waals surface area contributed by atoms with E-state index in [1.165, 1.54) is 30.6 Å². The molecule has 2 fully saturated rings. The van der Waals surface area contributed by atoms with E-state index in [-0.39, 0.29) is 23.5 Å². The summed E-state index contributed by atoms with van der Waals surface area (Å²) in [6, 6.07) is 4.27. The van der Waals surface area contributed by atoms with Gasteiger partial charge < -0.3 is 10.1 Å². The molecule has 3 nitrogen and oxygen atoms in total. The maximum absolute atomic E-state index is 11.7. The third-order valence-corrected chi connectivity index (χ3v) is 5.58. The number of rotatable bonds is 4. The summed E-state index contributed by atoms with van der Waals surface area (Å²) in [5.74, 6) is -0.0770. The number of hydrogen-bond donors (Lipinski definition) is 1. The fraction of sp³-hybridized carbons (Fsp3) is 0.667. The van der Waals surface area contributed by atoms with Crippen molar-refractivity contribution in [2.24, 2.45) is 0 Å². The number of esters is 1. The highest BCUT2D eigenvalue weighted by Gasteiger charge is 2.39. The van der Waals surface area contributed by atoms with Crippen LogP contribution >= 0.6 is 11.3 Å². The SMILES string of the molecule is C[C@H]1C[C@@H](NCC2(c3cccs3)CCCC2)C(=O)O1. The van der Waals surface area contributed by atoms with Gasteiger partial charge in [-0.2, -0.15) is 0 Å². The fourth-order valence-electron chi connectivity index (χ4n) is 3.38. The maximum Gasteiger partial charge on any atom is 0.323 e. The zero-order valence-corrected chi connectivity index (χ0v) is 12.2. The van der Waals surface area contributed by atoms with Crippen LogP contribution in [0.5, 0.6) is 0 Å². The van der Waals surface area contributed by atoms with Gasteiger partial charge in [-0.1, -0.05) is 18.9 Å². The van der Waals surface area contributed by atoms with Gasteiger partial charge in [0, 0.05) is 23.3 Å². The van der Waals surface area contributed by atoms with Crippen molar-refractivity contribution in [1.29, 1.82) is 0 Å². The van der Waals surface area contributed by atoms with Crippen LogP contribution in [0.15, 0.2) is 17.5 Å². The van der Waals surface area contributed by atoms with Crippen LogP contribution in [0, 0.1) is 0 Å². The first-order valence-electron chi connectivity index (χ1n) is 7.17. The summed E-state index contributed by atoms with van der Waals surface area (Å²) in [7, 11) is 0. The Hall–Kier alpha value is -0.870. The van der Waals surface area contributed by atoms with E-state index < -0.39 is 0 Å². The van der Waals surface area contributed by atoms with E-state index in [1.54, 1.807) is 0 Å². The molecule has 2 aliphatic rings. The van der Waals surface area contributed by atoms with Crippen LogP contribution in [0.25, 0.3) is 0 Å². The van der Waals surface area contributed by atoms with Crippen molar-refractivity contribution in [3.05, 3.63) is 22.4 Å². The molecule has 0 spiro atoms. The highest BCUT2D eigenvalue weighted by Crippen LogP contribution is 2.42. The molecule has 1 aliphatic carbocycles. The first-order chi connectivity index (χ1) is 9.20. The molecule has 1 aromatic heterocycles. The van der Waals surface area contributed by atoms with E-state index in [2.05, 4.69) is 22.8 Å². The molecule has 0 unspecified atom stereocenters. The largest absolute Gasteiger partial charge is 0.461 e. The van der Waals surface area contributed by atoms with Crippen LogP contribution in [0.3, 0.4) is 0 Å². The van der Waals surface area contributed by atoms with Crippen LogP contribution in [0.2, 0.25) is 0 Å². The van der Waals surface area contributed by atoms with E-state index >= 15 is 0 Å². The average molecular weight is 279 g/mol. The number of ether oxygens (including phenoxy) is 1. The molecule has 1 aliphatic heterocycles. The van der Waals surface area contributed by atoms with E-state index in [0.717, 1.165) is 13.0 Å². The number of carbonyl (C=O) groups is 1. The zero-order chi connectivity index (χ0) is 13.3. The Morgan fingerprint density at radius 1 is 1.47 bits per heavy atom. The Bertz CT molecular complexity index is 437. The topological polar surface area (TPSA) is 38.3 Å². The molecule has 104 valence electrons. The van der Waals surface area contributed by atoms with Crippen molar-refractivity contribution in [3.63, 3.8) is 0 Å². The Morgan fingerprint density at radius 2 is 2.26 bits per heavy atom. The third-order valence-electron chi connectivity index (χ3n) is 4.46. The lowest BCUT2D eigenvalue weighted by Crippen LogP contribution is -2.42. The van der Waals surface area contributed by atoms with Crippen molar-refractivity contribution in [2.45, 2.75) is 56.6 Å². The minimum Gasteiger partial charge on any atom is -0.461 e. The predicted molar refractivity (Wildman–Crippen MR) is 76.4 cm³/mol. The Morgan fingerprint density at radius 3 is 2.84 bits per heavy atom. The van der Waals surface area contributed by atoms with Crippen molar-refractivity contribution < 1.29 is 9.53 Å². The lowest BCUT2D eigenvalue weighted by molar-refractivity contribution is -0.142. The summed E-state index contributed by atoms with van der Waals surface area (Å²) in [6.45, 7) is 2.87. The van der Waals surface area contributed by atoms with E-state index in [9.17, 15) is 4.79 Å². The summed E-state index contributed by atoms with van der Waals surface area (Å²) in [5.41, 5.74) is 0.250. The molecule has 19 heavy (non-hydrogen) atoms. The molecular weight excluding hydrogens is 258 g/mol. The molecule has 0 aromatic carbocycles. The Labute approximate surface area is 118 Å². The number of nitrogens with one attached hydrogen (secondary N) is 1. The number of cyclic esters (lactones) is 1. The normalized spacial score (nSPS) is 29.6. The Kier molecular flexibility index (Phi) is 3.63. The standard InChI is InChI=1S/C15H21NO2S/c1-11-9-12(14(17)18-11)16-10-15(6-2-3-7-15)13-5-4-8-19-13/h4-5,8,11-12,16H,2-3,6-7,9-10H2,1H3/t11-,12+/m0/s1. The molecule has 2 heterocycles. The van der Waals surface area contributed by atoms with Crippen molar-refractivity contribution in [2.75, 3.05) is 6.54 Å². The summed E-state index contributed by atoms with van der Waals surface area (Å²) < 4.78 is 5.21. The van der Waals surface area contributed by atoms with E-state index in [1.807, 2.05) is 18.3 Å². The highest BCUT2D eigenvalue weighted by atomic mass is 32.1. The summed E-state index contributed by atoms with van der Waals surface area (Å²) in [6.07, 6.45) is 5.93. The third kappa shape index (κ3) is 2.56. The summed E-state index contributed by atoms with van der Waals surface area (Å²) in [5, 5.41) is 5.62. The maximum atomic E-state index is 11.7. The number of thiophene rings is 1. The van der Waals surface area contributed by atoms with Gasteiger partial charge in [-0.15, -0.1) is 11.3 Å². The van der Waals surface area contributed by atoms with Gasteiger partial charge in [0.25, 0.3) is 0 Å². The molecule has 1 N–H and O–H groups in total. The van der Waals surface area contributed by atoms with Gasteiger partial charge in [0.1, 0.15) is 12.1 Å². The molecule has 1 aromatic rings. The molecule has 1 saturated carbocycles. The van der Waals surface area contributed by atoms with Crippen LogP contribution in [0.4, 0.5) is 0 Å². The lowest BCUT2D eigenvalue weighted by atomic mass is 9.84. The molecule has 2 atom stereocenters. The fourth-order valence-corrected chi connectivity index (χ4v) is 4.37. The van der Waals surface area contributed by atoms with Gasteiger partial charge in [0.05, 0.1) is 0 Å². The minimum absolute atomic E-state index is 0.0614. The predicted octanol–water partition coefficient (Wildman–Crippen LogP) is 2.85. The Balaban J connectivity index is 1.68. The zero-order valence-electron chi connectivity index (χ0n) is 11.4. The van der Waals surface area contributed by atoms with Crippen LogP contribution < -0.4 is 5.32 Å². The highest BCUT2D eigenvalue weighted by molar-refractivity contribution is 7.10. The molecule has 0 radical (unpaired) electrons. The molecule has 0 amide bonds. The average Bonchev–Trinajstić information content (AvgIpc) is 3.07. The van der Waals surface area contributed by atoms with Crippen LogP contribution in [-0.2, 0) is 14.9 Å². The first kappa shape index (κ1) is 13.1. The molecule has 0 bridgehead atoms. The summed E-state index contributed by atoms with van der Waals surface area (Å²) in [4.78, 5) is 13.2. The molecule has 4 heteroatoms. The van der Waals surface area contributed by atoms with Gasteiger partial charge in [0.2, 0.25) is 0 Å². The van der Waals surface area contributed by atoms with Crippen molar-refractivity contribution in [1.82, 2.24) is 5.32 Å². The number of hydrogen-bond acceptors (Lipinski definition) is 4. The van der Waals surface area contributed by atoms with Crippen LogP contribution in [0.1, 0.15) is 43.9 Å². The van der Waals surface area contributed by atoms with E-state index in [4.69, 9.17) is 4.74 Å². The van der Waals surface area contributed by atoms with Gasteiger partial charge in [-0.25, -0.2) is 0 Å². The summed E-state index contributed by atoms with van der Waals surface area (Å²) >= 11 is 1.85. The van der Waals surface area contributed by atoms with Gasteiger partial charge >= 0.3 is 5.97 Å². The second-order valence-corrected chi connectivity index (χ2v) is 6.83. The molecular formula is C15H21NO2S. The van der Waals surface area contributed by atoms with Gasteiger partial charge in [-0.05, 0) is 31.2 Å². The van der Waals surface area contributed by atoms with Crippen molar-refractivity contribution >= 4 is 17.3 Å². The molecule has 3 rings (SSSR count). The number of carbonyl (C=O) groups excluding carboxylic acids is 1. The molecule has 1 saturated heterocycles. The first-order valence-corrected chi connectivity index (χ1v) is 8.05. The van der Waals surface area contributed by atoms with Crippen LogP contribution in [-0.4, -0.2) is 24.7 Å². The van der Waals surface area contributed by atoms with Crippen molar-refractivity contribution in [3.8, 4) is 0 Å². The lowest BCUT2D eigenvalue weighted by Gasteiger charge is -2.29. The van der Waals surface area contributed by atoms with Gasteiger partial charge in [-0.3, -0.25) is 4.79 Å². The monoisotopic (exact) mass is 279 g/mol. The minimum atomic E-state index is -0.104.